The highest BCUT2D eigenvalue weighted by Crippen LogP contribution is 2.27. The van der Waals surface area contributed by atoms with Crippen LogP contribution in [0.2, 0.25) is 0 Å². The van der Waals surface area contributed by atoms with Crippen molar-refractivity contribution in [2.24, 2.45) is 0 Å². The van der Waals surface area contributed by atoms with Gasteiger partial charge in [-0.2, -0.15) is 0 Å². The Kier molecular flexibility index (Phi) is 7.02. The summed E-state index contributed by atoms with van der Waals surface area (Å²) >= 11 is 1.63. The first kappa shape index (κ1) is 21.7. The van der Waals surface area contributed by atoms with E-state index >= 15 is 0 Å². The highest BCUT2D eigenvalue weighted by Gasteiger charge is 2.16. The summed E-state index contributed by atoms with van der Waals surface area (Å²) in [4.78, 5) is 13.8. The first-order chi connectivity index (χ1) is 14.4. The molecule has 0 unspecified atom stereocenters. The van der Waals surface area contributed by atoms with E-state index in [1.807, 2.05) is 31.2 Å². The van der Waals surface area contributed by atoms with Gasteiger partial charge in [-0.1, -0.05) is 25.1 Å². The van der Waals surface area contributed by atoms with Gasteiger partial charge in [0.1, 0.15) is 5.75 Å². The van der Waals surface area contributed by atoms with Gasteiger partial charge in [0.05, 0.1) is 17.7 Å². The molecule has 0 aromatic heterocycles. The molecule has 0 atom stereocenters. The van der Waals surface area contributed by atoms with E-state index in [4.69, 9.17) is 4.74 Å². The maximum absolute atomic E-state index is 12.7. The third kappa shape index (κ3) is 5.34. The number of benzene rings is 3. The van der Waals surface area contributed by atoms with Crippen molar-refractivity contribution in [1.82, 2.24) is 0 Å². The number of ether oxygens (including phenoxy) is 1. The van der Waals surface area contributed by atoms with Crippen LogP contribution in [-0.2, 0) is 10.0 Å². The number of hydrogen-bond donors (Lipinski definition) is 2. The van der Waals surface area contributed by atoms with Crippen molar-refractivity contribution in [3.63, 3.8) is 0 Å². The number of carbonyl (C=O) groups excluding carboxylic acids is 1. The van der Waals surface area contributed by atoms with Crippen molar-refractivity contribution < 1.29 is 17.9 Å². The van der Waals surface area contributed by atoms with E-state index < -0.39 is 10.0 Å². The van der Waals surface area contributed by atoms with Crippen LogP contribution in [0, 0.1) is 0 Å². The van der Waals surface area contributed by atoms with Gasteiger partial charge in [-0.05, 0) is 60.4 Å². The Bertz CT molecular complexity index is 1130. The number of methoxy groups -OCH3 is 1. The zero-order valence-electron chi connectivity index (χ0n) is 16.6. The number of thioether (sulfide) groups is 1. The van der Waals surface area contributed by atoms with Crippen LogP contribution in [0.3, 0.4) is 0 Å². The fraction of sp³-hybridized carbons (Fsp3) is 0.136. The van der Waals surface area contributed by atoms with E-state index in [0.717, 1.165) is 16.3 Å². The van der Waals surface area contributed by atoms with Gasteiger partial charge in [0, 0.05) is 16.1 Å². The molecule has 0 fully saturated rings. The van der Waals surface area contributed by atoms with Gasteiger partial charge in [0.25, 0.3) is 15.9 Å². The van der Waals surface area contributed by atoms with E-state index in [9.17, 15) is 13.2 Å². The second-order valence-electron chi connectivity index (χ2n) is 6.25. The zero-order chi connectivity index (χ0) is 21.6. The molecule has 0 spiro atoms. The highest BCUT2D eigenvalue weighted by atomic mass is 32.2. The SMILES string of the molecule is CCSc1ccccc1NC(=O)c1cccc(NS(=O)(=O)c2ccc(OC)cc2)c1. The van der Waals surface area contributed by atoms with E-state index in [-0.39, 0.29) is 10.8 Å². The molecular formula is C22H22N2O4S2. The van der Waals surface area contributed by atoms with E-state index in [0.29, 0.717) is 17.0 Å². The lowest BCUT2D eigenvalue weighted by atomic mass is 10.2. The molecule has 2 N–H and O–H groups in total. The highest BCUT2D eigenvalue weighted by molar-refractivity contribution is 7.99. The molecule has 8 heteroatoms. The number of sulfonamides is 1. The molecule has 30 heavy (non-hydrogen) atoms. The summed E-state index contributed by atoms with van der Waals surface area (Å²) in [6.07, 6.45) is 0. The summed E-state index contributed by atoms with van der Waals surface area (Å²) in [6.45, 7) is 2.04. The molecule has 0 aliphatic carbocycles. The Hall–Kier alpha value is -2.97. The number of amides is 1. The van der Waals surface area contributed by atoms with E-state index in [2.05, 4.69) is 10.0 Å². The quantitative estimate of drug-likeness (QED) is 0.487. The average Bonchev–Trinajstić information content (AvgIpc) is 2.75. The van der Waals surface area contributed by atoms with Gasteiger partial charge >= 0.3 is 0 Å². The third-order valence-corrected chi connectivity index (χ3v) is 6.53. The molecule has 6 nitrogen and oxygen atoms in total. The monoisotopic (exact) mass is 442 g/mol. The van der Waals surface area contributed by atoms with Crippen molar-refractivity contribution in [1.29, 1.82) is 0 Å². The summed E-state index contributed by atoms with van der Waals surface area (Å²) in [6, 6.07) is 20.0. The van der Waals surface area contributed by atoms with Crippen LogP contribution in [0.15, 0.2) is 82.6 Å². The van der Waals surface area contributed by atoms with Gasteiger partial charge < -0.3 is 10.1 Å². The molecule has 3 rings (SSSR count). The number of nitrogens with one attached hydrogen (secondary N) is 2. The molecule has 3 aromatic rings. The standard InChI is InChI=1S/C22H22N2O4S2/c1-3-29-21-10-5-4-9-20(21)23-22(25)16-7-6-8-17(15-16)24-30(26,27)19-13-11-18(28-2)12-14-19/h4-15,24H,3H2,1-2H3,(H,23,25). The zero-order valence-corrected chi connectivity index (χ0v) is 18.2. The minimum absolute atomic E-state index is 0.101. The minimum Gasteiger partial charge on any atom is -0.497 e. The largest absolute Gasteiger partial charge is 0.497 e. The Morgan fingerprint density at radius 2 is 1.73 bits per heavy atom. The molecule has 1 amide bonds. The first-order valence-electron chi connectivity index (χ1n) is 9.23. The molecule has 0 bridgehead atoms. The van der Waals surface area contributed by atoms with Crippen molar-refractivity contribution in [3.8, 4) is 5.75 Å². The summed E-state index contributed by atoms with van der Waals surface area (Å²) in [7, 11) is -2.28. The van der Waals surface area contributed by atoms with Crippen molar-refractivity contribution in [3.05, 3.63) is 78.4 Å². The smallest absolute Gasteiger partial charge is 0.261 e. The molecule has 0 heterocycles. The summed E-state index contributed by atoms with van der Waals surface area (Å²) in [5.74, 6) is 1.13. The topological polar surface area (TPSA) is 84.5 Å². The number of hydrogen-bond acceptors (Lipinski definition) is 5. The van der Waals surface area contributed by atoms with Crippen molar-refractivity contribution in [2.45, 2.75) is 16.7 Å². The Labute approximate surface area is 180 Å². The Balaban J connectivity index is 1.78. The Morgan fingerprint density at radius 3 is 2.43 bits per heavy atom. The van der Waals surface area contributed by atoms with E-state index in [1.165, 1.54) is 25.3 Å². The van der Waals surface area contributed by atoms with Gasteiger partial charge in [0.15, 0.2) is 0 Å². The lowest BCUT2D eigenvalue weighted by Gasteiger charge is -2.12. The Morgan fingerprint density at radius 1 is 1.00 bits per heavy atom. The second kappa shape index (κ2) is 9.69. The van der Waals surface area contributed by atoms with Gasteiger partial charge in [-0.15, -0.1) is 11.8 Å². The van der Waals surface area contributed by atoms with Crippen LogP contribution in [0.25, 0.3) is 0 Å². The minimum atomic E-state index is -3.79. The normalized spacial score (nSPS) is 11.0. The van der Waals surface area contributed by atoms with Gasteiger partial charge in [-0.25, -0.2) is 8.42 Å². The van der Waals surface area contributed by atoms with Crippen LogP contribution in [-0.4, -0.2) is 27.2 Å². The van der Waals surface area contributed by atoms with E-state index in [1.54, 1.807) is 42.1 Å². The number of rotatable bonds is 8. The third-order valence-electron chi connectivity index (χ3n) is 4.18. The summed E-state index contributed by atoms with van der Waals surface area (Å²) in [5, 5.41) is 2.90. The van der Waals surface area contributed by atoms with Crippen molar-refractivity contribution in [2.75, 3.05) is 22.9 Å². The second-order valence-corrected chi connectivity index (χ2v) is 9.23. The lowest BCUT2D eigenvalue weighted by molar-refractivity contribution is 0.102. The molecule has 0 saturated heterocycles. The van der Waals surface area contributed by atoms with Crippen LogP contribution >= 0.6 is 11.8 Å². The van der Waals surface area contributed by atoms with Crippen LogP contribution in [0.5, 0.6) is 5.75 Å². The first-order valence-corrected chi connectivity index (χ1v) is 11.7. The predicted octanol–water partition coefficient (Wildman–Crippen LogP) is 4.86. The van der Waals surface area contributed by atoms with Gasteiger partial charge in [0.2, 0.25) is 0 Å². The van der Waals surface area contributed by atoms with Crippen LogP contribution in [0.4, 0.5) is 11.4 Å². The lowest BCUT2D eigenvalue weighted by Crippen LogP contribution is -2.15. The maximum Gasteiger partial charge on any atom is 0.261 e. The molecule has 0 radical (unpaired) electrons. The van der Waals surface area contributed by atoms with Crippen molar-refractivity contribution >= 4 is 39.1 Å². The fourth-order valence-electron chi connectivity index (χ4n) is 2.74. The molecule has 0 aliphatic heterocycles. The van der Waals surface area contributed by atoms with Gasteiger partial charge in [-0.3, -0.25) is 9.52 Å². The predicted molar refractivity (Wildman–Crippen MR) is 121 cm³/mol. The maximum atomic E-state index is 12.7. The molecular weight excluding hydrogens is 420 g/mol. The van der Waals surface area contributed by atoms with Crippen LogP contribution in [0.1, 0.15) is 17.3 Å². The molecule has 3 aromatic carbocycles. The number of anilines is 2. The molecule has 0 saturated carbocycles. The summed E-state index contributed by atoms with van der Waals surface area (Å²) in [5.41, 5.74) is 1.37. The molecule has 156 valence electrons. The fourth-order valence-corrected chi connectivity index (χ4v) is 4.55. The molecule has 0 aliphatic rings. The number of para-hydroxylation sites is 1. The van der Waals surface area contributed by atoms with Crippen LogP contribution < -0.4 is 14.8 Å². The average molecular weight is 443 g/mol. The summed E-state index contributed by atoms with van der Waals surface area (Å²) < 4.78 is 32.8. The number of carbonyl (C=O) groups is 1.